The molecule has 3 aliphatic carbocycles. The second kappa shape index (κ2) is 5.79. The summed E-state index contributed by atoms with van der Waals surface area (Å²) in [6.45, 7) is 2.01. The Morgan fingerprint density at radius 3 is 2.68 bits per heavy atom. The van der Waals surface area contributed by atoms with Crippen LogP contribution in [0.15, 0.2) is 0 Å². The summed E-state index contributed by atoms with van der Waals surface area (Å²) in [4.78, 5) is 11.7. The Morgan fingerprint density at radius 2 is 2.05 bits per heavy atom. The Bertz CT molecular complexity index is 437. The van der Waals surface area contributed by atoms with Gasteiger partial charge in [0.25, 0.3) is 0 Å². The number of carboxylic acid groups (broad SMARTS) is 1. The van der Waals surface area contributed by atoms with E-state index in [9.17, 15) is 20.1 Å². The van der Waals surface area contributed by atoms with E-state index in [1.54, 1.807) is 0 Å². The summed E-state index contributed by atoms with van der Waals surface area (Å²) in [5.74, 6) is 0.0518. The fourth-order valence-corrected chi connectivity index (χ4v) is 6.16. The molecule has 126 valence electrons. The predicted octanol–water partition coefficient (Wildman–Crippen LogP) is 2.82. The van der Waals surface area contributed by atoms with Crippen molar-refractivity contribution in [3.05, 3.63) is 0 Å². The highest BCUT2D eigenvalue weighted by Gasteiger charge is 2.62. The Kier molecular flexibility index (Phi) is 4.28. The molecular weight excluding hydrogens is 280 g/mol. The maximum atomic E-state index is 11.7. The van der Waals surface area contributed by atoms with E-state index in [0.29, 0.717) is 12.3 Å². The minimum absolute atomic E-state index is 0.0881. The topological polar surface area (TPSA) is 77.8 Å². The van der Waals surface area contributed by atoms with Crippen LogP contribution in [-0.2, 0) is 4.79 Å². The van der Waals surface area contributed by atoms with E-state index in [2.05, 4.69) is 6.92 Å². The molecule has 0 aromatic heterocycles. The molecular formula is C18H30O4. The zero-order chi connectivity index (χ0) is 16.0. The van der Waals surface area contributed by atoms with E-state index in [0.717, 1.165) is 51.4 Å². The number of hydrogen-bond donors (Lipinski definition) is 3. The van der Waals surface area contributed by atoms with Crippen LogP contribution in [0.4, 0.5) is 0 Å². The van der Waals surface area contributed by atoms with Gasteiger partial charge in [-0.3, -0.25) is 4.79 Å². The van der Waals surface area contributed by atoms with Crippen LogP contribution in [0.2, 0.25) is 0 Å². The summed E-state index contributed by atoms with van der Waals surface area (Å²) in [7, 11) is 0. The van der Waals surface area contributed by atoms with Crippen molar-refractivity contribution in [1.82, 2.24) is 0 Å². The maximum absolute atomic E-state index is 11.7. The van der Waals surface area contributed by atoms with E-state index in [-0.39, 0.29) is 29.8 Å². The van der Waals surface area contributed by atoms with Crippen LogP contribution in [0.5, 0.6) is 0 Å². The van der Waals surface area contributed by atoms with E-state index >= 15 is 0 Å². The third kappa shape index (κ3) is 2.39. The van der Waals surface area contributed by atoms with Gasteiger partial charge in [-0.05, 0) is 68.1 Å². The first-order valence-corrected chi connectivity index (χ1v) is 9.02. The van der Waals surface area contributed by atoms with Crippen LogP contribution in [-0.4, -0.2) is 33.5 Å². The van der Waals surface area contributed by atoms with E-state index in [1.165, 1.54) is 0 Å². The molecule has 0 aliphatic heterocycles. The number of aliphatic hydroxyl groups is 2. The molecule has 3 rings (SSSR count). The van der Waals surface area contributed by atoms with Crippen LogP contribution in [0.1, 0.15) is 64.7 Å². The van der Waals surface area contributed by atoms with Crippen LogP contribution < -0.4 is 0 Å². The Balaban J connectivity index is 1.87. The maximum Gasteiger partial charge on any atom is 0.306 e. The minimum atomic E-state index is -0.917. The van der Waals surface area contributed by atoms with Gasteiger partial charge in [-0.2, -0.15) is 0 Å². The fraction of sp³-hybridized carbons (Fsp3) is 0.944. The Hall–Kier alpha value is -0.610. The predicted molar refractivity (Wildman–Crippen MR) is 83.3 cm³/mol. The molecule has 0 radical (unpaired) electrons. The largest absolute Gasteiger partial charge is 0.481 e. The number of rotatable bonds is 5. The summed E-state index contributed by atoms with van der Waals surface area (Å²) in [6.07, 6.45) is 8.50. The highest BCUT2D eigenvalue weighted by molar-refractivity contribution is 5.70. The molecule has 6 atom stereocenters. The zero-order valence-electron chi connectivity index (χ0n) is 13.6. The number of aliphatic hydroxyl groups excluding tert-OH is 1. The van der Waals surface area contributed by atoms with Gasteiger partial charge in [0.2, 0.25) is 0 Å². The van der Waals surface area contributed by atoms with Gasteiger partial charge in [-0.15, -0.1) is 0 Å². The van der Waals surface area contributed by atoms with Crippen LogP contribution in [0, 0.1) is 29.1 Å². The highest BCUT2D eigenvalue weighted by Crippen LogP contribution is 2.66. The molecule has 0 aromatic rings. The average molecular weight is 310 g/mol. The molecule has 0 saturated heterocycles. The third-order valence-corrected chi connectivity index (χ3v) is 7.15. The van der Waals surface area contributed by atoms with E-state index < -0.39 is 11.6 Å². The summed E-state index contributed by atoms with van der Waals surface area (Å²) >= 11 is 0. The molecule has 3 aliphatic rings. The molecule has 3 N–H and O–H groups in total. The molecule has 4 unspecified atom stereocenters. The lowest BCUT2D eigenvalue weighted by molar-refractivity contribution is -0.150. The number of carboxylic acids is 1. The number of aliphatic carboxylic acids is 1. The smallest absolute Gasteiger partial charge is 0.306 e. The molecule has 22 heavy (non-hydrogen) atoms. The molecule has 1 spiro atoms. The first kappa shape index (κ1) is 16.3. The third-order valence-electron chi connectivity index (χ3n) is 7.15. The van der Waals surface area contributed by atoms with Crippen molar-refractivity contribution in [3.63, 3.8) is 0 Å². The molecule has 2 bridgehead atoms. The second-order valence-corrected chi connectivity index (χ2v) is 8.18. The SMILES string of the molecule is CCCCC1C(C(=O)O)CCC23C[C@@H](CCC12)[C@@](O)(CO)C3. The monoisotopic (exact) mass is 310 g/mol. The molecule has 0 aromatic carbocycles. The Labute approximate surface area is 132 Å². The van der Waals surface area contributed by atoms with Gasteiger partial charge in [0.05, 0.1) is 18.1 Å². The number of carbonyl (C=O) groups is 1. The lowest BCUT2D eigenvalue weighted by Crippen LogP contribution is -2.46. The van der Waals surface area contributed by atoms with Crippen molar-refractivity contribution >= 4 is 5.97 Å². The van der Waals surface area contributed by atoms with Crippen molar-refractivity contribution in [2.24, 2.45) is 29.1 Å². The van der Waals surface area contributed by atoms with Gasteiger partial charge >= 0.3 is 5.97 Å². The second-order valence-electron chi connectivity index (χ2n) is 8.18. The zero-order valence-corrected chi connectivity index (χ0v) is 13.6. The summed E-state index contributed by atoms with van der Waals surface area (Å²) < 4.78 is 0. The van der Waals surface area contributed by atoms with Crippen molar-refractivity contribution in [1.29, 1.82) is 0 Å². The molecule has 3 saturated carbocycles. The Morgan fingerprint density at radius 1 is 1.27 bits per heavy atom. The molecule has 0 amide bonds. The minimum Gasteiger partial charge on any atom is -0.481 e. The standard InChI is InChI=1S/C18H30O4/c1-2-3-4-13-14(16(20)21)7-8-17-9-12(5-6-15(13)17)18(22,10-17)11-19/h12-15,19,22H,2-11H2,1H3,(H,20,21)/t12-,13?,14?,15?,17?,18+/m1/s1. The van der Waals surface area contributed by atoms with Gasteiger partial charge in [0.1, 0.15) is 0 Å². The van der Waals surface area contributed by atoms with Gasteiger partial charge in [-0.25, -0.2) is 0 Å². The lowest BCUT2D eigenvalue weighted by atomic mass is 9.53. The van der Waals surface area contributed by atoms with Crippen LogP contribution >= 0.6 is 0 Å². The molecule has 4 nitrogen and oxygen atoms in total. The first-order valence-electron chi connectivity index (χ1n) is 9.02. The normalized spacial score (nSPS) is 47.2. The summed E-state index contributed by atoms with van der Waals surface area (Å²) in [6, 6.07) is 0. The van der Waals surface area contributed by atoms with Crippen molar-refractivity contribution in [3.8, 4) is 0 Å². The molecule has 0 heterocycles. The summed E-state index contributed by atoms with van der Waals surface area (Å²) in [5.41, 5.74) is -0.829. The number of hydrogen-bond acceptors (Lipinski definition) is 3. The van der Waals surface area contributed by atoms with Crippen molar-refractivity contribution < 1.29 is 20.1 Å². The van der Waals surface area contributed by atoms with Gasteiger partial charge in [0.15, 0.2) is 0 Å². The quantitative estimate of drug-likeness (QED) is 0.729. The fourth-order valence-electron chi connectivity index (χ4n) is 6.16. The van der Waals surface area contributed by atoms with Gasteiger partial charge < -0.3 is 15.3 Å². The molecule has 3 fully saturated rings. The number of fused-ring (bicyclic) bond motifs is 1. The van der Waals surface area contributed by atoms with Gasteiger partial charge in [-0.1, -0.05) is 19.8 Å². The summed E-state index contributed by atoms with van der Waals surface area (Å²) in [5, 5.41) is 30.1. The lowest BCUT2D eigenvalue weighted by Gasteiger charge is -2.51. The number of unbranched alkanes of at least 4 members (excludes halogenated alkanes) is 1. The highest BCUT2D eigenvalue weighted by atomic mass is 16.4. The van der Waals surface area contributed by atoms with Crippen LogP contribution in [0.25, 0.3) is 0 Å². The average Bonchev–Trinajstić information content (AvgIpc) is 2.71. The van der Waals surface area contributed by atoms with Crippen molar-refractivity contribution in [2.75, 3.05) is 6.61 Å². The van der Waals surface area contributed by atoms with Crippen LogP contribution in [0.3, 0.4) is 0 Å². The van der Waals surface area contributed by atoms with E-state index in [1.807, 2.05) is 0 Å². The first-order chi connectivity index (χ1) is 10.5. The van der Waals surface area contributed by atoms with Gasteiger partial charge in [0, 0.05) is 0 Å². The van der Waals surface area contributed by atoms with Crippen molar-refractivity contribution in [2.45, 2.75) is 70.3 Å². The molecule has 4 heteroatoms. The van der Waals surface area contributed by atoms with E-state index in [4.69, 9.17) is 0 Å².